The van der Waals surface area contributed by atoms with Gasteiger partial charge in [0.15, 0.2) is 11.6 Å². The van der Waals surface area contributed by atoms with Gasteiger partial charge in [-0.05, 0) is 89.3 Å². The molecule has 2 aromatic heterocycles. The Bertz CT molecular complexity index is 2040. The van der Waals surface area contributed by atoms with Crippen LogP contribution in [0.5, 0.6) is 11.5 Å². The first-order chi connectivity index (χ1) is 23.4. The quantitative estimate of drug-likeness (QED) is 0.119. The van der Waals surface area contributed by atoms with E-state index in [9.17, 15) is 18.4 Å². The molecule has 2 N–H and O–H groups in total. The summed E-state index contributed by atoms with van der Waals surface area (Å²) in [5, 5.41) is 5.11. The zero-order chi connectivity index (χ0) is 34.9. The molecule has 0 aliphatic carbocycles. The number of rotatable bonds is 11. The van der Waals surface area contributed by atoms with Crippen molar-refractivity contribution in [2.45, 2.75) is 6.73 Å². The molecule has 14 heteroatoms. The van der Waals surface area contributed by atoms with Crippen LogP contribution >= 0.6 is 26.0 Å². The fraction of sp³-hybridized carbons (Fsp3) is 0.286. The number of aromatic nitrogens is 3. The highest BCUT2D eigenvalue weighted by atomic mass is 79.9. The second kappa shape index (κ2) is 14.3. The van der Waals surface area contributed by atoms with Crippen molar-refractivity contribution >= 4 is 54.4 Å². The van der Waals surface area contributed by atoms with Crippen LogP contribution in [0.4, 0.5) is 14.6 Å². The SMILES string of the molecule is CS(C)(C)CCOCn1c(C(=O)c2cnn(-c3ccc(Oc4cccc(F)c4F)cc3Br)c2N)cc2cc(C(=O)N3CCOCC3)ccc21. The summed E-state index contributed by atoms with van der Waals surface area (Å²) < 4.78 is 48.5. The summed E-state index contributed by atoms with van der Waals surface area (Å²) in [6, 6.07) is 15.6. The van der Waals surface area contributed by atoms with E-state index in [-0.39, 0.29) is 41.3 Å². The van der Waals surface area contributed by atoms with Crippen LogP contribution in [0.15, 0.2) is 71.3 Å². The Labute approximate surface area is 292 Å². The smallest absolute Gasteiger partial charge is 0.254 e. The Morgan fingerprint density at radius 3 is 2.55 bits per heavy atom. The summed E-state index contributed by atoms with van der Waals surface area (Å²) >= 11 is 3.48. The summed E-state index contributed by atoms with van der Waals surface area (Å²) in [6.07, 6.45) is 8.04. The molecule has 0 atom stereocenters. The molecule has 258 valence electrons. The summed E-state index contributed by atoms with van der Waals surface area (Å²) in [5.74, 6) is -1.61. The van der Waals surface area contributed by atoms with Gasteiger partial charge in [-0.3, -0.25) is 9.59 Å². The maximum Gasteiger partial charge on any atom is 0.254 e. The normalized spacial score (nSPS) is 14.0. The van der Waals surface area contributed by atoms with Crippen LogP contribution in [0.3, 0.4) is 0 Å². The Morgan fingerprint density at radius 1 is 1.04 bits per heavy atom. The Hall–Kier alpha value is -4.24. The number of ether oxygens (including phenoxy) is 3. The molecule has 0 spiro atoms. The average molecular weight is 757 g/mol. The number of fused-ring (bicyclic) bond motifs is 1. The predicted molar refractivity (Wildman–Crippen MR) is 190 cm³/mol. The van der Waals surface area contributed by atoms with Gasteiger partial charge in [0.05, 0.1) is 48.5 Å². The third kappa shape index (κ3) is 7.52. The topological polar surface area (TPSA) is 114 Å². The van der Waals surface area contributed by atoms with Crippen LogP contribution in [-0.2, 0) is 16.2 Å². The Morgan fingerprint density at radius 2 is 1.82 bits per heavy atom. The summed E-state index contributed by atoms with van der Waals surface area (Å²) in [5.41, 5.74) is 8.79. The first kappa shape index (κ1) is 34.6. The summed E-state index contributed by atoms with van der Waals surface area (Å²) in [7, 11) is -0.781. The Balaban J connectivity index is 1.30. The minimum Gasteiger partial charge on any atom is -0.454 e. The molecule has 3 aromatic carbocycles. The molecule has 0 radical (unpaired) electrons. The maximum absolute atomic E-state index is 14.2. The van der Waals surface area contributed by atoms with E-state index in [4.69, 9.17) is 19.9 Å². The fourth-order valence-electron chi connectivity index (χ4n) is 5.42. The lowest BCUT2D eigenvalue weighted by Crippen LogP contribution is -2.40. The van der Waals surface area contributed by atoms with E-state index in [1.165, 1.54) is 23.0 Å². The number of carbonyl (C=O) groups excluding carboxylic acids is 2. The number of hydrogen-bond acceptors (Lipinski definition) is 7. The number of hydrogen-bond donors (Lipinski definition) is 1. The van der Waals surface area contributed by atoms with Crippen molar-refractivity contribution in [3.8, 4) is 17.2 Å². The van der Waals surface area contributed by atoms with Crippen molar-refractivity contribution in [3.05, 3.63) is 99.8 Å². The number of amides is 1. The van der Waals surface area contributed by atoms with Crippen molar-refractivity contribution in [3.63, 3.8) is 0 Å². The monoisotopic (exact) mass is 755 g/mol. The summed E-state index contributed by atoms with van der Waals surface area (Å²) in [6.45, 7) is 2.69. The van der Waals surface area contributed by atoms with Gasteiger partial charge in [0.25, 0.3) is 5.91 Å². The van der Waals surface area contributed by atoms with Crippen LogP contribution in [0, 0.1) is 11.6 Å². The molecule has 3 heterocycles. The Kier molecular flexibility index (Phi) is 10.1. The fourth-order valence-corrected chi connectivity index (χ4v) is 6.56. The van der Waals surface area contributed by atoms with Gasteiger partial charge >= 0.3 is 0 Å². The molecule has 1 aliphatic heterocycles. The van der Waals surface area contributed by atoms with Gasteiger partial charge in [-0.1, -0.05) is 6.07 Å². The number of carbonyl (C=O) groups is 2. The van der Waals surface area contributed by atoms with Gasteiger partial charge in [-0.25, -0.2) is 19.1 Å². The second-order valence-electron chi connectivity index (χ2n) is 12.4. The highest BCUT2D eigenvalue weighted by Gasteiger charge is 2.25. The van der Waals surface area contributed by atoms with Crippen LogP contribution in [0.25, 0.3) is 16.6 Å². The van der Waals surface area contributed by atoms with Gasteiger partial charge in [0.1, 0.15) is 18.3 Å². The number of nitrogens with zero attached hydrogens (tertiary/aromatic N) is 4. The van der Waals surface area contributed by atoms with Gasteiger partial charge in [0, 0.05) is 34.3 Å². The van der Waals surface area contributed by atoms with Crippen LogP contribution in [0.2, 0.25) is 0 Å². The molecule has 6 rings (SSSR count). The highest BCUT2D eigenvalue weighted by molar-refractivity contribution is 9.10. The number of halogens is 3. The lowest BCUT2D eigenvalue weighted by Gasteiger charge is -2.26. The van der Waals surface area contributed by atoms with Gasteiger partial charge in [-0.2, -0.15) is 9.49 Å². The third-order valence-corrected chi connectivity index (χ3v) is 10.1. The van der Waals surface area contributed by atoms with E-state index in [1.54, 1.807) is 45.9 Å². The van der Waals surface area contributed by atoms with Crippen molar-refractivity contribution in [2.75, 3.05) is 63.2 Å². The molecule has 10 nitrogen and oxygen atoms in total. The van der Waals surface area contributed by atoms with E-state index in [0.29, 0.717) is 59.7 Å². The molecule has 5 aromatic rings. The molecule has 0 bridgehead atoms. The van der Waals surface area contributed by atoms with Gasteiger partial charge < -0.3 is 29.4 Å². The lowest BCUT2D eigenvalue weighted by molar-refractivity contribution is 0.0303. The van der Waals surface area contributed by atoms with E-state index in [2.05, 4.69) is 39.8 Å². The van der Waals surface area contributed by atoms with E-state index in [0.717, 1.165) is 17.3 Å². The highest BCUT2D eigenvalue weighted by Crippen LogP contribution is 2.35. The standard InChI is InChI=1S/C35H36BrF2N5O5S/c1-49(2,3)16-15-47-21-42-28-9-7-22(35(45)41-11-13-46-14-12-41)17-23(28)18-30(42)33(44)25-20-40-43(34(25)39)29-10-8-24(19-26(29)36)48-31-6-4-5-27(37)32(31)38/h4-10,17-20H,11-16,21,39H2,1-3H3. The zero-order valence-electron chi connectivity index (χ0n) is 27.3. The largest absolute Gasteiger partial charge is 0.454 e. The van der Waals surface area contributed by atoms with Crippen LogP contribution in [0.1, 0.15) is 26.4 Å². The van der Waals surface area contributed by atoms with E-state index < -0.39 is 21.7 Å². The first-order valence-corrected chi connectivity index (χ1v) is 19.3. The van der Waals surface area contributed by atoms with Crippen molar-refractivity contribution in [1.29, 1.82) is 0 Å². The van der Waals surface area contributed by atoms with Crippen molar-refractivity contribution in [2.24, 2.45) is 0 Å². The van der Waals surface area contributed by atoms with Gasteiger partial charge in [0.2, 0.25) is 11.6 Å². The molecule has 1 saturated heterocycles. The molecular weight excluding hydrogens is 720 g/mol. The number of anilines is 1. The van der Waals surface area contributed by atoms with Crippen LogP contribution < -0.4 is 10.5 Å². The van der Waals surface area contributed by atoms with Crippen molar-refractivity contribution in [1.82, 2.24) is 19.2 Å². The zero-order valence-corrected chi connectivity index (χ0v) is 29.7. The van der Waals surface area contributed by atoms with Crippen molar-refractivity contribution < 1.29 is 32.6 Å². The molecule has 1 aliphatic rings. The van der Waals surface area contributed by atoms with E-state index >= 15 is 0 Å². The van der Waals surface area contributed by atoms with E-state index in [1.807, 2.05) is 6.07 Å². The first-order valence-electron chi connectivity index (χ1n) is 15.5. The number of nitrogens with two attached hydrogens (primary N) is 1. The van der Waals surface area contributed by atoms with Gasteiger partial charge in [-0.15, -0.1) is 0 Å². The number of benzene rings is 3. The maximum atomic E-state index is 14.2. The number of ketones is 1. The molecule has 1 fully saturated rings. The minimum atomic E-state index is -1.10. The molecule has 1 amide bonds. The average Bonchev–Trinajstić information content (AvgIpc) is 3.64. The molecular formula is C35H36BrF2N5O5S. The molecule has 0 saturated carbocycles. The number of morpholine rings is 1. The number of nitrogen functional groups attached to an aromatic ring is 1. The predicted octanol–water partition coefficient (Wildman–Crippen LogP) is 6.61. The lowest BCUT2D eigenvalue weighted by atomic mass is 10.1. The third-order valence-electron chi connectivity index (χ3n) is 8.08. The minimum absolute atomic E-state index is 0.0905. The summed E-state index contributed by atoms with van der Waals surface area (Å²) in [4.78, 5) is 29.2. The molecule has 49 heavy (non-hydrogen) atoms. The molecule has 0 unspecified atom stereocenters. The second-order valence-corrected chi connectivity index (χ2v) is 17.9. The van der Waals surface area contributed by atoms with Crippen LogP contribution in [-0.4, -0.2) is 88.4 Å².